The number of rotatable bonds is 31. The minimum atomic E-state index is -0.833. The fourth-order valence-corrected chi connectivity index (χ4v) is 3.81. The van der Waals surface area contributed by atoms with E-state index in [0.29, 0.717) is 85.7 Å². The van der Waals surface area contributed by atoms with Crippen molar-refractivity contribution in [2.75, 3.05) is 112 Å². The third-order valence-electron chi connectivity index (χ3n) is 6.67. The molecule has 2 aromatic rings. The lowest BCUT2D eigenvalue weighted by molar-refractivity contribution is -0.134. The summed E-state index contributed by atoms with van der Waals surface area (Å²) in [6.07, 6.45) is 4.45. The number of aliphatic carboxylic acids is 1. The first kappa shape index (κ1) is 66.4. The van der Waals surface area contributed by atoms with Crippen LogP contribution in [-0.2, 0) is 52.4 Å². The molecule has 0 bridgehead atoms. The minimum absolute atomic E-state index is 0.134. The Labute approximate surface area is 388 Å². The number of ether oxygens (including phenoxy) is 6. The van der Waals surface area contributed by atoms with Gasteiger partial charge in [-0.15, -0.1) is 0 Å². The van der Waals surface area contributed by atoms with Gasteiger partial charge in [-0.1, -0.05) is 119 Å². The summed E-state index contributed by atoms with van der Waals surface area (Å²) in [7, 11) is 0. The van der Waals surface area contributed by atoms with Crippen LogP contribution in [-0.4, -0.2) is 153 Å². The Kier molecular flexibility index (Phi) is 58.1. The zero-order valence-electron chi connectivity index (χ0n) is 40.5. The molecule has 0 spiro atoms. The molecule has 0 atom stereocenters. The van der Waals surface area contributed by atoms with Crippen LogP contribution in [0.2, 0.25) is 0 Å². The van der Waals surface area contributed by atoms with E-state index >= 15 is 0 Å². The van der Waals surface area contributed by atoms with E-state index in [1.165, 1.54) is 5.56 Å². The maximum Gasteiger partial charge on any atom is 0.300 e. The van der Waals surface area contributed by atoms with Crippen LogP contribution in [0.4, 0.5) is 0 Å². The topological polar surface area (TPSA) is 266 Å². The Morgan fingerprint density at radius 1 is 0.585 bits per heavy atom. The van der Waals surface area contributed by atoms with Gasteiger partial charge in [0.15, 0.2) is 12.6 Å². The van der Waals surface area contributed by atoms with E-state index in [-0.39, 0.29) is 43.5 Å². The van der Waals surface area contributed by atoms with E-state index in [4.69, 9.17) is 54.6 Å². The molecular formula is C46H83N7O12. The van der Waals surface area contributed by atoms with Gasteiger partial charge >= 0.3 is 0 Å². The first-order valence-electron chi connectivity index (χ1n) is 22.2. The predicted octanol–water partition coefficient (Wildman–Crippen LogP) is 4.09. The SMILES string of the molecule is CC.CC.CC(=O)O.CCCCNC(=O)COCC(=O)NCCOCCOCCOCCOCCOCCNC(=O)CO/N=C/c1ccccc1.CCCN=C(N)N.Cc1ccccc1. The zero-order chi connectivity index (χ0) is 49.4. The number of aryl methyl sites for hydroxylation is 1. The molecule has 8 N–H and O–H groups in total. The van der Waals surface area contributed by atoms with Gasteiger partial charge in [0.25, 0.3) is 11.9 Å². The number of carbonyl (C=O) groups is 4. The number of nitrogens with zero attached hydrogens (tertiary/aromatic N) is 2. The van der Waals surface area contributed by atoms with Crippen molar-refractivity contribution in [3.63, 3.8) is 0 Å². The van der Waals surface area contributed by atoms with Gasteiger partial charge < -0.3 is 65.8 Å². The zero-order valence-corrected chi connectivity index (χ0v) is 40.5. The second kappa shape index (κ2) is 56.8. The number of hydrogen-bond acceptors (Lipinski definition) is 13. The van der Waals surface area contributed by atoms with Gasteiger partial charge in [0, 0.05) is 33.1 Å². The molecule has 19 nitrogen and oxygen atoms in total. The molecule has 19 heteroatoms. The molecule has 0 aliphatic carbocycles. The predicted molar refractivity (Wildman–Crippen MR) is 257 cm³/mol. The van der Waals surface area contributed by atoms with Gasteiger partial charge in [0.2, 0.25) is 11.8 Å². The van der Waals surface area contributed by atoms with Gasteiger partial charge in [-0.2, -0.15) is 0 Å². The summed E-state index contributed by atoms with van der Waals surface area (Å²) in [4.78, 5) is 52.5. The molecule has 0 fully saturated rings. The molecule has 2 rings (SSSR count). The van der Waals surface area contributed by atoms with Crippen molar-refractivity contribution in [3.8, 4) is 0 Å². The Bertz CT molecular complexity index is 1390. The van der Waals surface area contributed by atoms with Crippen molar-refractivity contribution < 1.29 is 57.5 Å². The van der Waals surface area contributed by atoms with E-state index in [0.717, 1.165) is 38.3 Å². The molecule has 65 heavy (non-hydrogen) atoms. The molecule has 3 amide bonds. The molecular weight excluding hydrogens is 843 g/mol. The maximum atomic E-state index is 11.7. The number of carbonyl (C=O) groups excluding carboxylic acids is 3. The highest BCUT2D eigenvalue weighted by Gasteiger charge is 2.05. The van der Waals surface area contributed by atoms with Gasteiger partial charge in [-0.25, -0.2) is 0 Å². The fraction of sp³-hybridized carbons (Fsp3) is 0.609. The van der Waals surface area contributed by atoms with Crippen molar-refractivity contribution in [2.45, 2.75) is 74.7 Å². The largest absolute Gasteiger partial charge is 0.481 e. The Morgan fingerprint density at radius 2 is 0.969 bits per heavy atom. The van der Waals surface area contributed by atoms with Gasteiger partial charge in [0.05, 0.1) is 72.3 Å². The van der Waals surface area contributed by atoms with Crippen LogP contribution < -0.4 is 27.4 Å². The van der Waals surface area contributed by atoms with Crippen LogP contribution >= 0.6 is 0 Å². The lowest BCUT2D eigenvalue weighted by Gasteiger charge is -2.09. The number of guanidine groups is 1. The summed E-state index contributed by atoms with van der Waals surface area (Å²) in [6.45, 7) is 20.9. The highest BCUT2D eigenvalue weighted by molar-refractivity contribution is 5.80. The number of benzene rings is 2. The number of carboxylic acid groups (broad SMARTS) is 1. The number of oxime groups is 1. The number of hydrogen-bond donors (Lipinski definition) is 6. The second-order valence-corrected chi connectivity index (χ2v) is 12.4. The average Bonchev–Trinajstić information content (AvgIpc) is 3.30. The Balaban J connectivity index is -0.000000689. The number of unbranched alkanes of at least 4 members (excludes halogenated alkanes) is 1. The lowest BCUT2D eigenvalue weighted by atomic mass is 10.2. The highest BCUT2D eigenvalue weighted by Crippen LogP contribution is 1.94. The number of nitrogens with two attached hydrogens (primary N) is 2. The smallest absolute Gasteiger partial charge is 0.300 e. The van der Waals surface area contributed by atoms with Crippen LogP contribution in [0.25, 0.3) is 0 Å². The monoisotopic (exact) mass is 926 g/mol. The summed E-state index contributed by atoms with van der Waals surface area (Å²) < 4.78 is 32.1. The molecule has 2 aromatic carbocycles. The van der Waals surface area contributed by atoms with E-state index in [1.807, 2.05) is 90.1 Å². The first-order valence-corrected chi connectivity index (χ1v) is 22.2. The third kappa shape index (κ3) is 63.2. The van der Waals surface area contributed by atoms with Crippen LogP contribution in [0, 0.1) is 6.92 Å². The Morgan fingerprint density at radius 3 is 1.32 bits per heavy atom. The number of nitrogens with one attached hydrogen (secondary N) is 3. The molecule has 0 aromatic heterocycles. The number of carboxylic acids is 1. The fourth-order valence-electron chi connectivity index (χ4n) is 3.81. The van der Waals surface area contributed by atoms with Gasteiger partial charge in [-0.3, -0.25) is 24.2 Å². The van der Waals surface area contributed by atoms with Gasteiger partial charge in [-0.05, 0) is 25.3 Å². The second-order valence-electron chi connectivity index (χ2n) is 12.4. The molecule has 0 aliphatic heterocycles. The van der Waals surface area contributed by atoms with Crippen LogP contribution in [0.1, 0.15) is 78.9 Å². The van der Waals surface area contributed by atoms with Crippen molar-refractivity contribution in [1.82, 2.24) is 16.0 Å². The molecule has 0 saturated heterocycles. The quantitative estimate of drug-likeness (QED) is 0.0269. The van der Waals surface area contributed by atoms with Crippen molar-refractivity contribution >= 4 is 35.9 Å². The minimum Gasteiger partial charge on any atom is -0.481 e. The summed E-state index contributed by atoms with van der Waals surface area (Å²) >= 11 is 0. The van der Waals surface area contributed by atoms with E-state index in [1.54, 1.807) is 6.21 Å². The molecule has 0 saturated carbocycles. The molecule has 0 radical (unpaired) electrons. The lowest BCUT2D eigenvalue weighted by Crippen LogP contribution is -2.33. The Hall–Kier alpha value is -5.18. The van der Waals surface area contributed by atoms with Crippen LogP contribution in [0.3, 0.4) is 0 Å². The summed E-state index contributed by atoms with van der Waals surface area (Å²) in [5, 5.41) is 19.2. The normalized spacial score (nSPS) is 9.66. The van der Waals surface area contributed by atoms with Crippen molar-refractivity contribution in [2.24, 2.45) is 21.6 Å². The summed E-state index contributed by atoms with van der Waals surface area (Å²) in [6, 6.07) is 19.7. The van der Waals surface area contributed by atoms with Crippen LogP contribution in [0.15, 0.2) is 70.8 Å². The molecule has 374 valence electrons. The summed E-state index contributed by atoms with van der Waals surface area (Å²) in [5.41, 5.74) is 12.2. The first-order chi connectivity index (χ1) is 31.5. The van der Waals surface area contributed by atoms with Gasteiger partial charge in [0.1, 0.15) is 13.2 Å². The summed E-state index contributed by atoms with van der Waals surface area (Å²) in [5.74, 6) is -1.45. The average molecular weight is 926 g/mol. The van der Waals surface area contributed by atoms with Crippen molar-refractivity contribution in [3.05, 3.63) is 71.8 Å². The van der Waals surface area contributed by atoms with Crippen molar-refractivity contribution in [1.29, 1.82) is 0 Å². The molecule has 0 heterocycles. The third-order valence-corrected chi connectivity index (χ3v) is 6.67. The standard InChI is InChI=1S/C29H48N4O10.C7H8.C4H11N3.C2H4O2.2C2H6/c1-2-3-9-30-27(34)23-42-24-28(35)31-10-12-37-14-16-39-18-20-41-21-19-40-17-15-38-13-11-32-29(36)25-43-33-22-26-7-5-4-6-8-26;1-7-5-3-2-4-6-7;1-2-3-7-4(5)6;1-2(3)4;2*1-2/h4-8,22H,2-3,9-21,23-25H2,1H3,(H,30,34)(H,31,35)(H,32,36);2-6H,1H3;2-3H2,1H3,(H4,5,6,7);1H3,(H,3,4);2*1-2H3/b33-22+;;;;;. The van der Waals surface area contributed by atoms with E-state index in [9.17, 15) is 14.4 Å². The van der Waals surface area contributed by atoms with E-state index in [2.05, 4.69) is 45.2 Å². The van der Waals surface area contributed by atoms with Crippen LogP contribution in [0.5, 0.6) is 0 Å². The van der Waals surface area contributed by atoms with E-state index < -0.39 is 5.97 Å². The highest BCUT2D eigenvalue weighted by atomic mass is 16.6. The molecule has 0 aliphatic rings. The number of aliphatic imine (C=N–C) groups is 1. The number of amides is 3. The maximum absolute atomic E-state index is 11.7. The molecule has 0 unspecified atom stereocenters.